The van der Waals surface area contributed by atoms with E-state index in [-0.39, 0.29) is 16.8 Å². The summed E-state index contributed by atoms with van der Waals surface area (Å²) in [6.45, 7) is 0. The lowest BCUT2D eigenvalue weighted by atomic mass is 10.0. The number of hydrogen-bond acceptors (Lipinski definition) is 4. The Labute approximate surface area is 102 Å². The summed E-state index contributed by atoms with van der Waals surface area (Å²) in [4.78, 5) is 29.4. The molecule has 18 heavy (non-hydrogen) atoms. The summed E-state index contributed by atoms with van der Waals surface area (Å²) in [6, 6.07) is 4.47. The van der Waals surface area contributed by atoms with Crippen LogP contribution in [0, 0.1) is 0 Å². The maximum absolute atomic E-state index is 11.1. The van der Waals surface area contributed by atoms with Crippen molar-refractivity contribution >= 4 is 11.9 Å². The monoisotopic (exact) mass is 244 g/mol. The van der Waals surface area contributed by atoms with Gasteiger partial charge in [-0.15, -0.1) is 0 Å². The third kappa shape index (κ3) is 2.17. The first-order chi connectivity index (χ1) is 8.59. The molecule has 6 nitrogen and oxygen atoms in total. The Hall–Kier alpha value is -2.76. The summed E-state index contributed by atoms with van der Waals surface area (Å²) in [5.74, 6) is -2.37. The SMILES string of the molecule is O=C(O)c1cnc(C(=O)O)c(-c2ccncc2)c1. The molecule has 0 aliphatic carbocycles. The predicted molar refractivity (Wildman–Crippen MR) is 61.4 cm³/mol. The Bertz CT molecular complexity index is 611. The quantitative estimate of drug-likeness (QED) is 0.849. The topological polar surface area (TPSA) is 100 Å². The van der Waals surface area contributed by atoms with E-state index in [9.17, 15) is 9.59 Å². The summed E-state index contributed by atoms with van der Waals surface area (Å²) >= 11 is 0. The van der Waals surface area contributed by atoms with E-state index < -0.39 is 11.9 Å². The average Bonchev–Trinajstić information content (AvgIpc) is 2.39. The van der Waals surface area contributed by atoms with Crippen LogP contribution in [0.4, 0.5) is 0 Å². The molecule has 0 saturated heterocycles. The minimum atomic E-state index is -1.21. The number of pyridine rings is 2. The Morgan fingerprint density at radius 3 is 2.28 bits per heavy atom. The predicted octanol–water partition coefficient (Wildman–Crippen LogP) is 1.54. The minimum Gasteiger partial charge on any atom is -0.478 e. The van der Waals surface area contributed by atoms with Gasteiger partial charge in [0.05, 0.1) is 5.56 Å². The third-order valence-corrected chi connectivity index (χ3v) is 2.33. The van der Waals surface area contributed by atoms with Gasteiger partial charge in [0.2, 0.25) is 0 Å². The molecule has 0 bridgehead atoms. The highest BCUT2D eigenvalue weighted by Gasteiger charge is 2.16. The van der Waals surface area contributed by atoms with Gasteiger partial charge in [0.1, 0.15) is 0 Å². The lowest BCUT2D eigenvalue weighted by Gasteiger charge is -2.06. The van der Waals surface area contributed by atoms with Crippen molar-refractivity contribution in [2.45, 2.75) is 0 Å². The molecule has 0 fully saturated rings. The molecule has 0 aromatic carbocycles. The number of carboxylic acid groups (broad SMARTS) is 2. The molecule has 2 aromatic rings. The van der Waals surface area contributed by atoms with Crippen LogP contribution in [0.5, 0.6) is 0 Å². The fourth-order valence-corrected chi connectivity index (χ4v) is 1.50. The van der Waals surface area contributed by atoms with Crippen molar-refractivity contribution in [2.24, 2.45) is 0 Å². The fourth-order valence-electron chi connectivity index (χ4n) is 1.50. The summed E-state index contributed by atoms with van der Waals surface area (Å²) in [5.41, 5.74) is 0.556. The van der Waals surface area contributed by atoms with Gasteiger partial charge in [0.25, 0.3) is 0 Å². The van der Waals surface area contributed by atoms with Crippen molar-refractivity contribution < 1.29 is 19.8 Å². The molecule has 0 atom stereocenters. The molecule has 2 rings (SSSR count). The van der Waals surface area contributed by atoms with Gasteiger partial charge in [-0.2, -0.15) is 0 Å². The minimum absolute atomic E-state index is 0.0631. The van der Waals surface area contributed by atoms with Crippen LogP contribution in [0.2, 0.25) is 0 Å². The van der Waals surface area contributed by atoms with Crippen molar-refractivity contribution in [3.8, 4) is 11.1 Å². The molecule has 0 unspecified atom stereocenters. The molecule has 90 valence electrons. The number of carboxylic acids is 2. The highest BCUT2D eigenvalue weighted by Crippen LogP contribution is 2.23. The third-order valence-electron chi connectivity index (χ3n) is 2.33. The number of rotatable bonds is 3. The molecule has 0 saturated carbocycles. The average molecular weight is 244 g/mol. The molecule has 2 aromatic heterocycles. The van der Waals surface area contributed by atoms with E-state index in [0.717, 1.165) is 6.20 Å². The van der Waals surface area contributed by atoms with Crippen molar-refractivity contribution in [1.29, 1.82) is 0 Å². The van der Waals surface area contributed by atoms with E-state index >= 15 is 0 Å². The van der Waals surface area contributed by atoms with Crippen molar-refractivity contribution in [3.63, 3.8) is 0 Å². The van der Waals surface area contributed by atoms with Gasteiger partial charge >= 0.3 is 11.9 Å². The van der Waals surface area contributed by atoms with E-state index in [1.807, 2.05) is 0 Å². The number of aromatic nitrogens is 2. The van der Waals surface area contributed by atoms with Crippen LogP contribution in [-0.4, -0.2) is 32.1 Å². The number of nitrogens with zero attached hydrogens (tertiary/aromatic N) is 2. The normalized spacial score (nSPS) is 10.0. The zero-order valence-electron chi connectivity index (χ0n) is 9.07. The molecule has 0 radical (unpaired) electrons. The van der Waals surface area contributed by atoms with Gasteiger partial charge in [-0.05, 0) is 23.8 Å². The van der Waals surface area contributed by atoms with E-state index in [1.54, 1.807) is 12.1 Å². The number of aromatic carboxylic acids is 2. The molecular weight excluding hydrogens is 236 g/mol. The molecule has 2 heterocycles. The Kier molecular flexibility index (Phi) is 3.01. The van der Waals surface area contributed by atoms with Gasteiger partial charge in [-0.25, -0.2) is 14.6 Å². The van der Waals surface area contributed by atoms with Crippen LogP contribution < -0.4 is 0 Å². The first-order valence-corrected chi connectivity index (χ1v) is 4.96. The van der Waals surface area contributed by atoms with E-state index in [2.05, 4.69) is 9.97 Å². The fraction of sp³-hybridized carbons (Fsp3) is 0. The zero-order chi connectivity index (χ0) is 13.1. The summed E-state index contributed by atoms with van der Waals surface area (Å²) in [7, 11) is 0. The summed E-state index contributed by atoms with van der Waals surface area (Å²) in [6.07, 6.45) is 4.01. The first-order valence-electron chi connectivity index (χ1n) is 4.96. The van der Waals surface area contributed by atoms with Gasteiger partial charge in [0.15, 0.2) is 5.69 Å². The Morgan fingerprint density at radius 2 is 1.72 bits per heavy atom. The van der Waals surface area contributed by atoms with Crippen LogP contribution in [0.3, 0.4) is 0 Å². The van der Waals surface area contributed by atoms with Gasteiger partial charge < -0.3 is 10.2 Å². The maximum atomic E-state index is 11.1. The summed E-state index contributed by atoms with van der Waals surface area (Å²) in [5, 5.41) is 17.9. The second-order valence-electron chi connectivity index (χ2n) is 3.47. The first kappa shape index (κ1) is 11.7. The molecule has 2 N–H and O–H groups in total. The smallest absolute Gasteiger partial charge is 0.355 e. The second kappa shape index (κ2) is 4.62. The van der Waals surface area contributed by atoms with Crippen molar-refractivity contribution in [1.82, 2.24) is 9.97 Å². The highest BCUT2D eigenvalue weighted by atomic mass is 16.4. The lowest BCUT2D eigenvalue weighted by Crippen LogP contribution is -2.06. The molecule has 0 spiro atoms. The largest absolute Gasteiger partial charge is 0.478 e. The van der Waals surface area contributed by atoms with Crippen LogP contribution in [0.15, 0.2) is 36.8 Å². The van der Waals surface area contributed by atoms with Crippen LogP contribution in [0.25, 0.3) is 11.1 Å². The highest BCUT2D eigenvalue weighted by molar-refractivity contribution is 5.96. The van der Waals surface area contributed by atoms with E-state index in [1.165, 1.54) is 18.5 Å². The Balaban J connectivity index is 2.65. The standard InChI is InChI=1S/C12H8N2O4/c15-11(16)8-5-9(7-1-3-13-4-2-7)10(12(17)18)14-6-8/h1-6H,(H,15,16)(H,17,18). The second-order valence-corrected chi connectivity index (χ2v) is 3.47. The number of hydrogen-bond donors (Lipinski definition) is 2. The molecule has 6 heteroatoms. The van der Waals surface area contributed by atoms with Gasteiger partial charge in [-0.1, -0.05) is 0 Å². The van der Waals surface area contributed by atoms with E-state index in [0.29, 0.717) is 5.56 Å². The number of carbonyl (C=O) groups is 2. The van der Waals surface area contributed by atoms with Gasteiger partial charge in [-0.3, -0.25) is 4.98 Å². The van der Waals surface area contributed by atoms with Crippen LogP contribution >= 0.6 is 0 Å². The van der Waals surface area contributed by atoms with Crippen molar-refractivity contribution in [2.75, 3.05) is 0 Å². The van der Waals surface area contributed by atoms with Crippen LogP contribution in [0.1, 0.15) is 20.8 Å². The maximum Gasteiger partial charge on any atom is 0.355 e. The lowest BCUT2D eigenvalue weighted by molar-refractivity contribution is 0.0676. The van der Waals surface area contributed by atoms with Crippen LogP contribution in [-0.2, 0) is 0 Å². The molecule has 0 aliphatic rings. The zero-order valence-corrected chi connectivity index (χ0v) is 9.07. The molecular formula is C12H8N2O4. The molecule has 0 amide bonds. The van der Waals surface area contributed by atoms with E-state index in [4.69, 9.17) is 10.2 Å². The summed E-state index contributed by atoms with van der Waals surface area (Å²) < 4.78 is 0. The Morgan fingerprint density at radius 1 is 1.06 bits per heavy atom. The van der Waals surface area contributed by atoms with Crippen molar-refractivity contribution in [3.05, 3.63) is 48.0 Å². The molecule has 0 aliphatic heterocycles. The van der Waals surface area contributed by atoms with Gasteiger partial charge in [0, 0.05) is 24.2 Å².